The predicted molar refractivity (Wildman–Crippen MR) is 49.7 cm³/mol. The molecule has 12 heavy (non-hydrogen) atoms. The Morgan fingerprint density at radius 2 is 2.00 bits per heavy atom. The van der Waals surface area contributed by atoms with E-state index in [1.54, 1.807) is 0 Å². The van der Waals surface area contributed by atoms with Gasteiger partial charge in [0.25, 0.3) is 0 Å². The lowest BCUT2D eigenvalue weighted by Crippen LogP contribution is -2.35. The lowest BCUT2D eigenvalue weighted by atomic mass is 10.1. The number of likely N-dealkylation sites (tertiary alicyclic amines) is 1. The summed E-state index contributed by atoms with van der Waals surface area (Å²) < 4.78 is 0. The maximum absolute atomic E-state index is 10.9. The summed E-state index contributed by atoms with van der Waals surface area (Å²) in [4.78, 5) is 2.38. The van der Waals surface area contributed by atoms with Crippen molar-refractivity contribution in [3.8, 4) is 0 Å². The zero-order valence-electron chi connectivity index (χ0n) is 8.09. The standard InChI is InChI=1S/C10H20NO/c1-2-3-6-10(9-12)11-7-4-5-8-11/h10H,2-9H2,1H3. The fourth-order valence-electron chi connectivity index (χ4n) is 1.92. The second-order valence-corrected chi connectivity index (χ2v) is 3.71. The maximum Gasteiger partial charge on any atom is 0.0977 e. The van der Waals surface area contributed by atoms with Gasteiger partial charge in [-0.3, -0.25) is 4.90 Å². The average molecular weight is 170 g/mol. The van der Waals surface area contributed by atoms with Crippen LogP contribution in [-0.2, 0) is 5.11 Å². The normalized spacial score (nSPS) is 21.5. The number of hydrogen-bond acceptors (Lipinski definition) is 1. The summed E-state index contributed by atoms with van der Waals surface area (Å²) in [6, 6.07) is 0.340. The van der Waals surface area contributed by atoms with Crippen molar-refractivity contribution in [2.75, 3.05) is 19.7 Å². The lowest BCUT2D eigenvalue weighted by molar-refractivity contribution is 0.0898. The molecule has 0 aromatic heterocycles. The number of rotatable bonds is 5. The van der Waals surface area contributed by atoms with Gasteiger partial charge in [0.15, 0.2) is 0 Å². The van der Waals surface area contributed by atoms with Gasteiger partial charge < -0.3 is 0 Å². The number of unbranched alkanes of at least 4 members (excludes halogenated alkanes) is 1. The van der Waals surface area contributed by atoms with Gasteiger partial charge in [-0.2, -0.15) is 0 Å². The van der Waals surface area contributed by atoms with Crippen LogP contribution in [0.15, 0.2) is 0 Å². The highest BCUT2D eigenvalue weighted by Crippen LogP contribution is 2.15. The first-order valence-corrected chi connectivity index (χ1v) is 5.20. The first-order chi connectivity index (χ1) is 5.88. The van der Waals surface area contributed by atoms with Crippen LogP contribution in [0.25, 0.3) is 0 Å². The number of hydrogen-bond donors (Lipinski definition) is 0. The van der Waals surface area contributed by atoms with E-state index < -0.39 is 0 Å². The molecule has 2 heteroatoms. The van der Waals surface area contributed by atoms with Crippen LogP contribution >= 0.6 is 0 Å². The third kappa shape index (κ3) is 2.76. The van der Waals surface area contributed by atoms with Gasteiger partial charge in [0, 0.05) is 6.04 Å². The molecule has 0 bridgehead atoms. The second kappa shape index (κ2) is 5.55. The quantitative estimate of drug-likeness (QED) is 0.619. The molecule has 0 N–H and O–H groups in total. The fourth-order valence-corrected chi connectivity index (χ4v) is 1.92. The molecule has 1 saturated heterocycles. The summed E-state index contributed by atoms with van der Waals surface area (Å²) in [5, 5.41) is 10.9. The molecule has 1 aliphatic heterocycles. The molecule has 1 unspecified atom stereocenters. The minimum atomic E-state index is 0.0972. The van der Waals surface area contributed by atoms with Gasteiger partial charge in [0.05, 0.1) is 6.61 Å². The van der Waals surface area contributed by atoms with Gasteiger partial charge in [-0.25, -0.2) is 5.11 Å². The van der Waals surface area contributed by atoms with Crippen molar-refractivity contribution in [2.45, 2.75) is 45.1 Å². The van der Waals surface area contributed by atoms with Crippen LogP contribution in [0.2, 0.25) is 0 Å². The van der Waals surface area contributed by atoms with Gasteiger partial charge in [-0.05, 0) is 32.4 Å². The minimum Gasteiger partial charge on any atom is -0.298 e. The van der Waals surface area contributed by atoms with Gasteiger partial charge in [-0.1, -0.05) is 19.8 Å². The fraction of sp³-hybridized carbons (Fsp3) is 1.00. The summed E-state index contributed by atoms with van der Waals surface area (Å²) >= 11 is 0. The van der Waals surface area contributed by atoms with E-state index in [0.717, 1.165) is 19.5 Å². The molecule has 1 rings (SSSR count). The topological polar surface area (TPSA) is 23.1 Å². The van der Waals surface area contributed by atoms with E-state index in [4.69, 9.17) is 0 Å². The maximum atomic E-state index is 10.9. The summed E-state index contributed by atoms with van der Waals surface area (Å²) in [6.07, 6.45) is 6.12. The van der Waals surface area contributed by atoms with E-state index in [1.165, 1.54) is 25.7 Å². The Balaban J connectivity index is 2.22. The summed E-state index contributed by atoms with van der Waals surface area (Å²) in [6.45, 7) is 4.61. The third-order valence-corrected chi connectivity index (χ3v) is 2.74. The molecule has 1 heterocycles. The Kier molecular flexibility index (Phi) is 4.62. The smallest absolute Gasteiger partial charge is 0.0977 e. The largest absolute Gasteiger partial charge is 0.298 e. The highest BCUT2D eigenvalue weighted by Gasteiger charge is 2.20. The second-order valence-electron chi connectivity index (χ2n) is 3.71. The predicted octanol–water partition coefficient (Wildman–Crippen LogP) is 2.07. The van der Waals surface area contributed by atoms with E-state index in [0.29, 0.717) is 6.04 Å². The molecule has 0 aromatic carbocycles. The third-order valence-electron chi connectivity index (χ3n) is 2.74. The Labute approximate surface area is 75.6 Å². The van der Waals surface area contributed by atoms with E-state index in [9.17, 15) is 5.11 Å². The molecular formula is C10H20NO. The first kappa shape index (κ1) is 10.0. The van der Waals surface area contributed by atoms with Crippen LogP contribution in [-0.4, -0.2) is 30.6 Å². The van der Waals surface area contributed by atoms with Gasteiger partial charge in [0.2, 0.25) is 0 Å². The molecule has 2 nitrogen and oxygen atoms in total. The van der Waals surface area contributed by atoms with Crippen LogP contribution < -0.4 is 0 Å². The summed E-state index contributed by atoms with van der Waals surface area (Å²) in [5.41, 5.74) is 0. The van der Waals surface area contributed by atoms with Crippen LogP contribution in [0.1, 0.15) is 39.0 Å². The Morgan fingerprint density at radius 1 is 1.33 bits per heavy atom. The average Bonchev–Trinajstić information content (AvgIpc) is 2.59. The van der Waals surface area contributed by atoms with E-state index >= 15 is 0 Å². The van der Waals surface area contributed by atoms with E-state index in [1.807, 2.05) is 0 Å². The van der Waals surface area contributed by atoms with E-state index in [2.05, 4.69) is 11.8 Å². The molecule has 71 valence electrons. The summed E-state index contributed by atoms with van der Waals surface area (Å²) in [5.74, 6) is 0. The van der Waals surface area contributed by atoms with Crippen molar-refractivity contribution in [1.82, 2.24) is 4.90 Å². The van der Waals surface area contributed by atoms with Crippen LogP contribution in [0.3, 0.4) is 0 Å². The highest BCUT2D eigenvalue weighted by atomic mass is 16.3. The van der Waals surface area contributed by atoms with Crippen molar-refractivity contribution in [3.05, 3.63) is 0 Å². The SMILES string of the molecule is CCCCC(C[O])N1CCCC1. The van der Waals surface area contributed by atoms with Crippen molar-refractivity contribution in [2.24, 2.45) is 0 Å². The molecular weight excluding hydrogens is 150 g/mol. The van der Waals surface area contributed by atoms with Crippen LogP contribution in [0.5, 0.6) is 0 Å². The molecule has 1 atom stereocenters. The Bertz CT molecular complexity index is 110. The molecule has 1 fully saturated rings. The van der Waals surface area contributed by atoms with E-state index in [-0.39, 0.29) is 6.61 Å². The zero-order chi connectivity index (χ0) is 8.81. The summed E-state index contributed by atoms with van der Waals surface area (Å²) in [7, 11) is 0. The van der Waals surface area contributed by atoms with Crippen molar-refractivity contribution < 1.29 is 5.11 Å². The monoisotopic (exact) mass is 170 g/mol. The molecule has 1 radical (unpaired) electrons. The van der Waals surface area contributed by atoms with Gasteiger partial charge in [0.1, 0.15) is 0 Å². The Hall–Kier alpha value is -0.0800. The van der Waals surface area contributed by atoms with Crippen LogP contribution in [0.4, 0.5) is 0 Å². The van der Waals surface area contributed by atoms with Gasteiger partial charge >= 0.3 is 0 Å². The molecule has 0 aliphatic carbocycles. The highest BCUT2D eigenvalue weighted by molar-refractivity contribution is 4.75. The molecule has 0 amide bonds. The molecule has 0 aromatic rings. The minimum absolute atomic E-state index is 0.0972. The van der Waals surface area contributed by atoms with Crippen molar-refractivity contribution in [3.63, 3.8) is 0 Å². The van der Waals surface area contributed by atoms with Gasteiger partial charge in [-0.15, -0.1) is 0 Å². The zero-order valence-corrected chi connectivity index (χ0v) is 8.09. The first-order valence-electron chi connectivity index (χ1n) is 5.20. The Morgan fingerprint density at radius 3 is 2.50 bits per heavy atom. The lowest BCUT2D eigenvalue weighted by Gasteiger charge is -2.24. The molecule has 0 saturated carbocycles. The number of nitrogens with zero attached hydrogens (tertiary/aromatic N) is 1. The van der Waals surface area contributed by atoms with Crippen LogP contribution in [0, 0.1) is 0 Å². The molecule has 1 aliphatic rings. The van der Waals surface area contributed by atoms with Crippen molar-refractivity contribution >= 4 is 0 Å². The molecule has 0 spiro atoms. The van der Waals surface area contributed by atoms with Crippen molar-refractivity contribution in [1.29, 1.82) is 0 Å².